The molecule has 0 aliphatic carbocycles. The molecular formula is C30H30Cl2FN3O2. The minimum Gasteiger partial charge on any atom is -0.361 e. The number of carbonyl (C=O) groups is 2. The van der Waals surface area contributed by atoms with Crippen LogP contribution in [0.3, 0.4) is 0 Å². The summed E-state index contributed by atoms with van der Waals surface area (Å²) in [5.41, 5.74) is 3.35. The van der Waals surface area contributed by atoms with Crippen LogP contribution in [0.5, 0.6) is 0 Å². The molecule has 0 fully saturated rings. The zero-order valence-corrected chi connectivity index (χ0v) is 22.7. The van der Waals surface area contributed by atoms with Gasteiger partial charge in [-0.3, -0.25) is 9.59 Å². The van der Waals surface area contributed by atoms with Crippen LogP contribution >= 0.6 is 23.2 Å². The fourth-order valence-electron chi connectivity index (χ4n) is 4.38. The molecule has 0 saturated heterocycles. The van der Waals surface area contributed by atoms with E-state index < -0.39 is 5.82 Å². The highest BCUT2D eigenvalue weighted by Crippen LogP contribution is 2.24. The number of aromatic nitrogens is 1. The first kappa shape index (κ1) is 27.7. The van der Waals surface area contributed by atoms with E-state index in [0.29, 0.717) is 41.7 Å². The molecule has 38 heavy (non-hydrogen) atoms. The topological polar surface area (TPSA) is 56.4 Å². The smallest absolute Gasteiger partial charge is 0.254 e. The number of carbonyl (C=O) groups excluding carboxylic acids is 2. The monoisotopic (exact) mass is 553 g/mol. The Morgan fingerprint density at radius 1 is 0.921 bits per heavy atom. The summed E-state index contributed by atoms with van der Waals surface area (Å²) in [5.74, 6) is -0.886. The van der Waals surface area contributed by atoms with Crippen molar-refractivity contribution in [3.05, 3.63) is 105 Å². The van der Waals surface area contributed by atoms with E-state index in [-0.39, 0.29) is 18.4 Å². The molecule has 0 aliphatic rings. The van der Waals surface area contributed by atoms with Crippen LogP contribution in [0.15, 0.2) is 72.9 Å². The first-order valence-corrected chi connectivity index (χ1v) is 13.4. The van der Waals surface area contributed by atoms with E-state index in [4.69, 9.17) is 23.2 Å². The first-order valence-electron chi connectivity index (χ1n) is 12.7. The van der Waals surface area contributed by atoms with Gasteiger partial charge in [0.15, 0.2) is 0 Å². The van der Waals surface area contributed by atoms with Gasteiger partial charge in [0.25, 0.3) is 5.91 Å². The van der Waals surface area contributed by atoms with Gasteiger partial charge >= 0.3 is 0 Å². The van der Waals surface area contributed by atoms with Gasteiger partial charge in [0, 0.05) is 42.3 Å². The molecule has 0 bridgehead atoms. The average Bonchev–Trinajstić information content (AvgIpc) is 3.34. The number of nitrogens with zero attached hydrogens (tertiary/aromatic N) is 2. The van der Waals surface area contributed by atoms with E-state index in [0.717, 1.165) is 34.9 Å². The lowest BCUT2D eigenvalue weighted by atomic mass is 10.1. The van der Waals surface area contributed by atoms with E-state index >= 15 is 0 Å². The SMILES string of the molecule is CCCCN(CC(=O)N(CCc1c[nH]c2ccccc12)Cc1ccc(Cl)c(Cl)c1)C(=O)c1ccc(F)cc1. The molecule has 3 aromatic carbocycles. The van der Waals surface area contributed by atoms with Crippen molar-refractivity contribution < 1.29 is 14.0 Å². The van der Waals surface area contributed by atoms with Gasteiger partial charge in [-0.25, -0.2) is 4.39 Å². The lowest BCUT2D eigenvalue weighted by Gasteiger charge is -2.28. The Hall–Kier alpha value is -3.35. The second-order valence-electron chi connectivity index (χ2n) is 9.26. The average molecular weight is 554 g/mol. The summed E-state index contributed by atoms with van der Waals surface area (Å²) < 4.78 is 13.4. The van der Waals surface area contributed by atoms with Gasteiger partial charge in [-0.15, -0.1) is 0 Å². The van der Waals surface area contributed by atoms with Crippen molar-refractivity contribution in [2.75, 3.05) is 19.6 Å². The Balaban J connectivity index is 1.56. The molecular weight excluding hydrogens is 524 g/mol. The number of amides is 2. The van der Waals surface area contributed by atoms with Crippen molar-refractivity contribution >= 4 is 45.9 Å². The van der Waals surface area contributed by atoms with Crippen molar-refractivity contribution in [1.29, 1.82) is 0 Å². The van der Waals surface area contributed by atoms with Crippen molar-refractivity contribution in [2.45, 2.75) is 32.7 Å². The number of fused-ring (bicyclic) bond motifs is 1. The van der Waals surface area contributed by atoms with E-state index in [1.165, 1.54) is 24.3 Å². The third-order valence-electron chi connectivity index (χ3n) is 6.52. The molecule has 0 spiro atoms. The number of nitrogens with one attached hydrogen (secondary N) is 1. The Morgan fingerprint density at radius 3 is 2.42 bits per heavy atom. The van der Waals surface area contributed by atoms with E-state index in [2.05, 4.69) is 11.1 Å². The van der Waals surface area contributed by atoms with Gasteiger partial charge in [-0.2, -0.15) is 0 Å². The molecule has 1 heterocycles. The molecule has 0 atom stereocenters. The maximum atomic E-state index is 13.7. The number of benzene rings is 3. The van der Waals surface area contributed by atoms with Crippen LogP contribution in [-0.4, -0.2) is 46.2 Å². The highest BCUT2D eigenvalue weighted by atomic mass is 35.5. The van der Waals surface area contributed by atoms with Crippen LogP contribution in [0.2, 0.25) is 10.0 Å². The zero-order valence-electron chi connectivity index (χ0n) is 21.2. The number of H-pyrrole nitrogens is 1. The predicted molar refractivity (Wildman–Crippen MR) is 151 cm³/mol. The molecule has 4 aromatic rings. The molecule has 5 nitrogen and oxygen atoms in total. The summed E-state index contributed by atoms with van der Waals surface area (Å²) in [7, 11) is 0. The van der Waals surface area contributed by atoms with Crippen molar-refractivity contribution in [3.63, 3.8) is 0 Å². The largest absolute Gasteiger partial charge is 0.361 e. The quantitative estimate of drug-likeness (QED) is 0.215. The number of hydrogen-bond acceptors (Lipinski definition) is 2. The third kappa shape index (κ3) is 6.94. The molecule has 2 amide bonds. The third-order valence-corrected chi connectivity index (χ3v) is 7.26. The van der Waals surface area contributed by atoms with Crippen LogP contribution in [0.4, 0.5) is 4.39 Å². The van der Waals surface area contributed by atoms with Crippen LogP contribution in [0, 0.1) is 5.82 Å². The van der Waals surface area contributed by atoms with Gasteiger partial charge in [-0.05, 0) is 66.4 Å². The fourth-order valence-corrected chi connectivity index (χ4v) is 4.70. The summed E-state index contributed by atoms with van der Waals surface area (Å²) >= 11 is 12.3. The second kappa shape index (κ2) is 12.9. The number of para-hydroxylation sites is 1. The van der Waals surface area contributed by atoms with E-state index in [1.54, 1.807) is 21.9 Å². The van der Waals surface area contributed by atoms with Crippen molar-refractivity contribution in [1.82, 2.24) is 14.8 Å². The lowest BCUT2D eigenvalue weighted by molar-refractivity contribution is -0.132. The van der Waals surface area contributed by atoms with E-state index in [9.17, 15) is 14.0 Å². The Labute approximate surface area is 232 Å². The molecule has 8 heteroatoms. The summed E-state index contributed by atoms with van der Waals surface area (Å²) in [6.45, 7) is 3.16. The lowest BCUT2D eigenvalue weighted by Crippen LogP contribution is -2.43. The molecule has 0 radical (unpaired) electrons. The van der Waals surface area contributed by atoms with Gasteiger partial charge in [0.1, 0.15) is 12.4 Å². The number of aromatic amines is 1. The highest BCUT2D eigenvalue weighted by Gasteiger charge is 2.23. The standard InChI is InChI=1S/C30H30Cl2FN3O2/c1-2-3-15-36(30(38)22-9-11-24(33)12-10-22)20-29(37)35(19-21-8-13-26(31)27(32)17-21)16-14-23-18-34-28-7-5-4-6-25(23)28/h4-13,17-18,34H,2-3,14-16,19-20H2,1H3. The molecule has 0 aliphatic heterocycles. The zero-order chi connectivity index (χ0) is 27.1. The van der Waals surface area contributed by atoms with Crippen molar-refractivity contribution in [3.8, 4) is 0 Å². The van der Waals surface area contributed by atoms with Gasteiger partial charge in [0.05, 0.1) is 10.0 Å². The Bertz CT molecular complexity index is 1400. The maximum Gasteiger partial charge on any atom is 0.254 e. The summed E-state index contributed by atoms with van der Waals surface area (Å²) in [6, 6.07) is 18.8. The van der Waals surface area contributed by atoms with Crippen molar-refractivity contribution in [2.24, 2.45) is 0 Å². The Kier molecular flexibility index (Phi) is 9.43. The molecule has 4 rings (SSSR count). The van der Waals surface area contributed by atoms with Gasteiger partial charge in [-0.1, -0.05) is 60.8 Å². The minimum atomic E-state index is -0.414. The summed E-state index contributed by atoms with van der Waals surface area (Å²) in [6.07, 6.45) is 4.23. The molecule has 198 valence electrons. The van der Waals surface area contributed by atoms with Gasteiger partial charge < -0.3 is 14.8 Å². The molecule has 1 N–H and O–H groups in total. The summed E-state index contributed by atoms with van der Waals surface area (Å²) in [4.78, 5) is 33.5. The minimum absolute atomic E-state index is 0.0780. The van der Waals surface area contributed by atoms with Crippen LogP contribution in [-0.2, 0) is 17.8 Å². The first-order chi connectivity index (χ1) is 18.4. The number of hydrogen-bond donors (Lipinski definition) is 1. The summed E-state index contributed by atoms with van der Waals surface area (Å²) in [5, 5.41) is 1.98. The highest BCUT2D eigenvalue weighted by molar-refractivity contribution is 6.42. The van der Waals surface area contributed by atoms with Crippen LogP contribution in [0.1, 0.15) is 41.3 Å². The normalized spacial score (nSPS) is 11.1. The van der Waals surface area contributed by atoms with E-state index in [1.807, 2.05) is 37.4 Å². The molecule has 0 saturated carbocycles. The molecule has 0 unspecified atom stereocenters. The Morgan fingerprint density at radius 2 is 1.68 bits per heavy atom. The molecule has 1 aromatic heterocycles. The predicted octanol–water partition coefficient (Wildman–Crippen LogP) is 7.13. The number of unbranched alkanes of at least 4 members (excludes halogenated alkanes) is 1. The number of halogens is 3. The van der Waals surface area contributed by atoms with Gasteiger partial charge in [0.2, 0.25) is 5.91 Å². The van der Waals surface area contributed by atoms with Crippen LogP contribution < -0.4 is 0 Å². The maximum absolute atomic E-state index is 13.7. The second-order valence-corrected chi connectivity index (χ2v) is 10.1. The fraction of sp³-hybridized carbons (Fsp3) is 0.267. The number of rotatable bonds is 11. The van der Waals surface area contributed by atoms with Crippen LogP contribution in [0.25, 0.3) is 10.9 Å².